The van der Waals surface area contributed by atoms with Gasteiger partial charge in [-0.2, -0.15) is 0 Å². The number of amides is 1. The summed E-state index contributed by atoms with van der Waals surface area (Å²) in [6, 6.07) is 7.92. The lowest BCUT2D eigenvalue weighted by atomic mass is 10.0. The van der Waals surface area contributed by atoms with Gasteiger partial charge in [-0.15, -0.1) is 0 Å². The standard InChI is InChI=1S/C14H19NO3/c1-10(2)13-9-18-14(16)15(13)8-11-5-4-6-12(7-11)17-3/h4-7,10,13H,8-9H2,1-3H3/t13-/m1/s1. The Bertz CT molecular complexity index is 431. The van der Waals surface area contributed by atoms with Crippen molar-refractivity contribution >= 4 is 6.09 Å². The number of methoxy groups -OCH3 is 1. The van der Waals surface area contributed by atoms with Crippen molar-refractivity contribution in [3.05, 3.63) is 29.8 Å². The summed E-state index contributed by atoms with van der Waals surface area (Å²) < 4.78 is 10.3. The number of rotatable bonds is 4. The van der Waals surface area contributed by atoms with Crippen LogP contribution in [0.2, 0.25) is 0 Å². The van der Waals surface area contributed by atoms with E-state index < -0.39 is 0 Å². The monoisotopic (exact) mass is 249 g/mol. The van der Waals surface area contributed by atoms with E-state index in [1.54, 1.807) is 12.0 Å². The molecule has 0 aliphatic carbocycles. The van der Waals surface area contributed by atoms with E-state index in [9.17, 15) is 4.79 Å². The molecule has 1 aromatic carbocycles. The van der Waals surface area contributed by atoms with Crippen LogP contribution in [0.4, 0.5) is 4.79 Å². The van der Waals surface area contributed by atoms with Gasteiger partial charge in [0.05, 0.1) is 13.2 Å². The van der Waals surface area contributed by atoms with Gasteiger partial charge in [0.15, 0.2) is 0 Å². The van der Waals surface area contributed by atoms with Crippen molar-refractivity contribution < 1.29 is 14.3 Å². The maximum atomic E-state index is 11.7. The average Bonchev–Trinajstić information content (AvgIpc) is 2.71. The topological polar surface area (TPSA) is 38.8 Å². The van der Waals surface area contributed by atoms with E-state index in [0.29, 0.717) is 19.1 Å². The fourth-order valence-electron chi connectivity index (χ4n) is 2.17. The second-order valence-corrected chi connectivity index (χ2v) is 4.87. The van der Waals surface area contributed by atoms with Gasteiger partial charge in [-0.25, -0.2) is 4.79 Å². The number of nitrogens with zero attached hydrogens (tertiary/aromatic N) is 1. The third kappa shape index (κ3) is 2.58. The van der Waals surface area contributed by atoms with Gasteiger partial charge in [0.1, 0.15) is 12.4 Å². The first-order chi connectivity index (χ1) is 8.61. The molecule has 1 aromatic rings. The predicted molar refractivity (Wildman–Crippen MR) is 68.5 cm³/mol. The Morgan fingerprint density at radius 2 is 2.28 bits per heavy atom. The van der Waals surface area contributed by atoms with E-state index in [2.05, 4.69) is 13.8 Å². The fourth-order valence-corrected chi connectivity index (χ4v) is 2.17. The maximum Gasteiger partial charge on any atom is 0.410 e. The van der Waals surface area contributed by atoms with Crippen LogP contribution in [0.3, 0.4) is 0 Å². The van der Waals surface area contributed by atoms with Gasteiger partial charge in [-0.1, -0.05) is 26.0 Å². The predicted octanol–water partition coefficient (Wildman–Crippen LogP) is 2.67. The molecule has 0 aromatic heterocycles. The molecule has 0 spiro atoms. The molecule has 1 aliphatic heterocycles. The zero-order valence-corrected chi connectivity index (χ0v) is 11.1. The van der Waals surface area contributed by atoms with Crippen LogP contribution in [0, 0.1) is 5.92 Å². The molecular weight excluding hydrogens is 230 g/mol. The van der Waals surface area contributed by atoms with Crippen molar-refractivity contribution in [3.63, 3.8) is 0 Å². The first kappa shape index (κ1) is 12.7. The molecule has 0 N–H and O–H groups in total. The summed E-state index contributed by atoms with van der Waals surface area (Å²) >= 11 is 0. The number of hydrogen-bond donors (Lipinski definition) is 0. The van der Waals surface area contributed by atoms with Gasteiger partial charge in [-0.3, -0.25) is 4.90 Å². The van der Waals surface area contributed by atoms with Crippen molar-refractivity contribution in [1.82, 2.24) is 4.90 Å². The maximum absolute atomic E-state index is 11.7. The van der Waals surface area contributed by atoms with Gasteiger partial charge in [0.2, 0.25) is 0 Å². The molecule has 18 heavy (non-hydrogen) atoms. The van der Waals surface area contributed by atoms with E-state index in [4.69, 9.17) is 9.47 Å². The third-order valence-corrected chi connectivity index (χ3v) is 3.27. The Kier molecular flexibility index (Phi) is 3.75. The average molecular weight is 249 g/mol. The summed E-state index contributed by atoms with van der Waals surface area (Å²) in [4.78, 5) is 13.5. The first-order valence-electron chi connectivity index (χ1n) is 6.18. The molecule has 1 atom stereocenters. The van der Waals surface area contributed by atoms with Crippen LogP contribution in [0.25, 0.3) is 0 Å². The van der Waals surface area contributed by atoms with Crippen LogP contribution in [0.5, 0.6) is 5.75 Å². The number of benzene rings is 1. The van der Waals surface area contributed by atoms with Gasteiger partial charge in [0, 0.05) is 6.54 Å². The highest BCUT2D eigenvalue weighted by Gasteiger charge is 2.34. The van der Waals surface area contributed by atoms with Crippen LogP contribution in [-0.4, -0.2) is 30.8 Å². The quantitative estimate of drug-likeness (QED) is 0.823. The molecular formula is C14H19NO3. The third-order valence-electron chi connectivity index (χ3n) is 3.27. The van der Waals surface area contributed by atoms with Gasteiger partial charge in [0.25, 0.3) is 0 Å². The zero-order valence-electron chi connectivity index (χ0n) is 11.1. The summed E-state index contributed by atoms with van der Waals surface area (Å²) in [5.41, 5.74) is 1.05. The molecule has 1 fully saturated rings. The van der Waals surface area contributed by atoms with E-state index in [-0.39, 0.29) is 12.1 Å². The molecule has 4 heteroatoms. The second-order valence-electron chi connectivity index (χ2n) is 4.87. The van der Waals surface area contributed by atoms with Crippen molar-refractivity contribution in [2.24, 2.45) is 5.92 Å². The second kappa shape index (κ2) is 5.29. The number of ether oxygens (including phenoxy) is 2. The highest BCUT2D eigenvalue weighted by atomic mass is 16.6. The summed E-state index contributed by atoms with van der Waals surface area (Å²) in [5.74, 6) is 1.20. The Balaban J connectivity index is 2.13. The van der Waals surface area contributed by atoms with Crippen LogP contribution in [0.15, 0.2) is 24.3 Å². The molecule has 0 unspecified atom stereocenters. The van der Waals surface area contributed by atoms with Crippen LogP contribution < -0.4 is 4.74 Å². The van der Waals surface area contributed by atoms with E-state index in [1.807, 2.05) is 24.3 Å². The van der Waals surface area contributed by atoms with Crippen molar-refractivity contribution in [2.75, 3.05) is 13.7 Å². The minimum Gasteiger partial charge on any atom is -0.497 e. The van der Waals surface area contributed by atoms with Gasteiger partial charge in [-0.05, 0) is 23.6 Å². The highest BCUT2D eigenvalue weighted by Crippen LogP contribution is 2.23. The van der Waals surface area contributed by atoms with Gasteiger partial charge >= 0.3 is 6.09 Å². The van der Waals surface area contributed by atoms with Crippen molar-refractivity contribution in [1.29, 1.82) is 0 Å². The minimum atomic E-state index is -0.225. The number of carbonyl (C=O) groups excluding carboxylic acids is 1. The lowest BCUT2D eigenvalue weighted by Gasteiger charge is -2.24. The molecule has 1 heterocycles. The molecule has 4 nitrogen and oxygen atoms in total. The van der Waals surface area contributed by atoms with E-state index in [1.165, 1.54) is 0 Å². The van der Waals surface area contributed by atoms with Crippen LogP contribution in [-0.2, 0) is 11.3 Å². The lowest BCUT2D eigenvalue weighted by molar-refractivity contribution is 0.155. The summed E-state index contributed by atoms with van der Waals surface area (Å²) in [6.45, 7) is 5.26. The Hall–Kier alpha value is -1.71. The molecule has 98 valence electrons. The van der Waals surface area contributed by atoms with Crippen molar-refractivity contribution in [2.45, 2.75) is 26.4 Å². The summed E-state index contributed by atoms with van der Waals surface area (Å²) in [6.07, 6.45) is -0.225. The number of carbonyl (C=O) groups is 1. The number of cyclic esters (lactones) is 1. The summed E-state index contributed by atoms with van der Waals surface area (Å²) in [7, 11) is 1.64. The molecule has 0 saturated carbocycles. The smallest absolute Gasteiger partial charge is 0.410 e. The molecule has 0 bridgehead atoms. The van der Waals surface area contributed by atoms with Gasteiger partial charge < -0.3 is 9.47 Å². The first-order valence-corrected chi connectivity index (χ1v) is 6.18. The van der Waals surface area contributed by atoms with Crippen molar-refractivity contribution in [3.8, 4) is 5.75 Å². The summed E-state index contributed by atoms with van der Waals surface area (Å²) in [5, 5.41) is 0. The number of hydrogen-bond acceptors (Lipinski definition) is 3. The molecule has 0 radical (unpaired) electrons. The fraction of sp³-hybridized carbons (Fsp3) is 0.500. The molecule has 1 saturated heterocycles. The lowest BCUT2D eigenvalue weighted by Crippen LogP contribution is -2.36. The highest BCUT2D eigenvalue weighted by molar-refractivity contribution is 5.70. The van der Waals surface area contributed by atoms with E-state index in [0.717, 1.165) is 11.3 Å². The largest absolute Gasteiger partial charge is 0.497 e. The molecule has 1 aliphatic rings. The van der Waals surface area contributed by atoms with Crippen LogP contribution >= 0.6 is 0 Å². The Morgan fingerprint density at radius 1 is 1.50 bits per heavy atom. The minimum absolute atomic E-state index is 0.156. The van der Waals surface area contributed by atoms with Crippen LogP contribution in [0.1, 0.15) is 19.4 Å². The van der Waals surface area contributed by atoms with E-state index >= 15 is 0 Å². The molecule has 2 rings (SSSR count). The normalized spacial score (nSPS) is 19.2. The zero-order chi connectivity index (χ0) is 13.1. The molecule has 1 amide bonds. The Morgan fingerprint density at radius 3 is 2.94 bits per heavy atom. The Labute approximate surface area is 107 Å². The SMILES string of the molecule is COc1cccc(CN2C(=O)OC[C@@H]2C(C)C)c1.